The number of halogens is 3. The van der Waals surface area contributed by atoms with Crippen LogP contribution in [0.15, 0.2) is 36.7 Å². The number of nitrogen functional groups attached to an aromatic ring is 1. The molecule has 3 N–H and O–H groups in total. The van der Waals surface area contributed by atoms with Crippen molar-refractivity contribution in [2.24, 2.45) is 0 Å². The maximum Gasteiger partial charge on any atom is 0.422 e. The average Bonchev–Trinajstić information content (AvgIpc) is 2.41. The maximum absolute atomic E-state index is 12.2. The minimum Gasteiger partial charge on any atom is -0.478 e. The van der Waals surface area contributed by atoms with Crippen molar-refractivity contribution in [2.45, 2.75) is 6.18 Å². The van der Waals surface area contributed by atoms with E-state index >= 15 is 0 Å². The van der Waals surface area contributed by atoms with E-state index in [-0.39, 0.29) is 22.9 Å². The Labute approximate surface area is 117 Å². The van der Waals surface area contributed by atoms with Crippen LogP contribution in [0.3, 0.4) is 0 Å². The molecule has 0 fully saturated rings. The van der Waals surface area contributed by atoms with Gasteiger partial charge in [0.25, 0.3) is 5.88 Å². The highest BCUT2D eigenvalue weighted by atomic mass is 19.4. The lowest BCUT2D eigenvalue weighted by Crippen LogP contribution is -2.25. The van der Waals surface area contributed by atoms with Gasteiger partial charge in [0.05, 0.1) is 6.20 Å². The Hall–Kier alpha value is -2.71. The molecule has 0 aromatic carbocycles. The average molecular weight is 300 g/mol. The highest BCUT2D eigenvalue weighted by Crippen LogP contribution is 2.29. The van der Waals surface area contributed by atoms with Crippen molar-refractivity contribution in [1.82, 2.24) is 9.66 Å². The molecule has 6 nitrogen and oxygen atoms in total. The van der Waals surface area contributed by atoms with Crippen molar-refractivity contribution >= 4 is 0 Å². The molecular formula is C12H11F3N4O2. The molecule has 2 aromatic rings. The summed E-state index contributed by atoms with van der Waals surface area (Å²) in [5, 5.41) is 7.39. The summed E-state index contributed by atoms with van der Waals surface area (Å²) in [6.45, 7) is -1.45. The SMILES string of the molecule is N=c1ccc(Oc2ncccc2OCC(F)(F)F)cn1N. The van der Waals surface area contributed by atoms with Crippen molar-refractivity contribution in [1.29, 1.82) is 5.41 Å². The van der Waals surface area contributed by atoms with Crippen molar-refractivity contribution in [3.63, 3.8) is 0 Å². The number of nitrogens with one attached hydrogen (secondary N) is 1. The summed E-state index contributed by atoms with van der Waals surface area (Å²) in [4.78, 5) is 3.82. The van der Waals surface area contributed by atoms with Gasteiger partial charge < -0.3 is 15.3 Å². The van der Waals surface area contributed by atoms with Gasteiger partial charge in [-0.05, 0) is 24.3 Å². The molecule has 0 saturated heterocycles. The van der Waals surface area contributed by atoms with E-state index < -0.39 is 12.8 Å². The van der Waals surface area contributed by atoms with Crippen LogP contribution in [0.25, 0.3) is 0 Å². The molecule has 0 aliphatic heterocycles. The minimum atomic E-state index is -4.46. The van der Waals surface area contributed by atoms with E-state index in [1.165, 1.54) is 36.7 Å². The predicted molar refractivity (Wildman–Crippen MR) is 66.3 cm³/mol. The fourth-order valence-corrected chi connectivity index (χ4v) is 1.39. The molecule has 2 heterocycles. The fraction of sp³-hybridized carbons (Fsp3) is 0.167. The van der Waals surface area contributed by atoms with Gasteiger partial charge in [-0.3, -0.25) is 5.41 Å². The van der Waals surface area contributed by atoms with Crippen LogP contribution in [0.2, 0.25) is 0 Å². The van der Waals surface area contributed by atoms with E-state index in [1.807, 2.05) is 0 Å². The summed E-state index contributed by atoms with van der Waals surface area (Å²) in [7, 11) is 0. The lowest BCUT2D eigenvalue weighted by molar-refractivity contribution is -0.153. The van der Waals surface area contributed by atoms with Crippen LogP contribution < -0.4 is 20.8 Å². The van der Waals surface area contributed by atoms with Crippen LogP contribution in [0, 0.1) is 5.41 Å². The van der Waals surface area contributed by atoms with Gasteiger partial charge in [-0.25, -0.2) is 9.66 Å². The quantitative estimate of drug-likeness (QED) is 0.843. The Morgan fingerprint density at radius 3 is 2.71 bits per heavy atom. The number of hydrogen-bond acceptors (Lipinski definition) is 5. The first kappa shape index (κ1) is 14.7. The largest absolute Gasteiger partial charge is 0.478 e. The Balaban J connectivity index is 2.19. The number of hydrogen-bond donors (Lipinski definition) is 2. The third-order valence-electron chi connectivity index (χ3n) is 2.29. The number of nitrogens with two attached hydrogens (primary N) is 1. The van der Waals surface area contributed by atoms with Gasteiger partial charge in [0.1, 0.15) is 11.2 Å². The summed E-state index contributed by atoms with van der Waals surface area (Å²) in [6, 6.07) is 5.54. The summed E-state index contributed by atoms with van der Waals surface area (Å²) >= 11 is 0. The van der Waals surface area contributed by atoms with Gasteiger partial charge in [0, 0.05) is 6.20 Å². The first-order valence-corrected chi connectivity index (χ1v) is 5.70. The van der Waals surface area contributed by atoms with Crippen LogP contribution in [0.5, 0.6) is 17.4 Å². The zero-order valence-corrected chi connectivity index (χ0v) is 10.6. The monoisotopic (exact) mass is 300 g/mol. The highest BCUT2D eigenvalue weighted by Gasteiger charge is 2.29. The predicted octanol–water partition coefficient (Wildman–Crippen LogP) is 1.81. The zero-order valence-electron chi connectivity index (χ0n) is 10.6. The molecule has 2 aromatic heterocycles. The lowest BCUT2D eigenvalue weighted by atomic mass is 10.4. The van der Waals surface area contributed by atoms with Crippen molar-refractivity contribution in [2.75, 3.05) is 12.4 Å². The molecule has 9 heteroatoms. The molecule has 0 amide bonds. The van der Waals surface area contributed by atoms with Crippen LogP contribution in [0.1, 0.15) is 0 Å². The first-order chi connectivity index (χ1) is 9.85. The molecule has 0 unspecified atom stereocenters. The van der Waals surface area contributed by atoms with Crippen molar-refractivity contribution in [3.05, 3.63) is 42.1 Å². The van der Waals surface area contributed by atoms with E-state index in [0.717, 1.165) is 4.68 Å². The van der Waals surface area contributed by atoms with Gasteiger partial charge in [-0.1, -0.05) is 0 Å². The third-order valence-corrected chi connectivity index (χ3v) is 2.29. The highest BCUT2D eigenvalue weighted by molar-refractivity contribution is 5.36. The Bertz CT molecular complexity index is 685. The number of rotatable bonds is 4. The summed E-state index contributed by atoms with van der Waals surface area (Å²) < 4.78 is 47.5. The molecule has 2 rings (SSSR count). The van der Waals surface area contributed by atoms with E-state index in [1.54, 1.807) is 0 Å². The molecule has 0 spiro atoms. The van der Waals surface area contributed by atoms with Gasteiger partial charge >= 0.3 is 6.18 Å². The van der Waals surface area contributed by atoms with Crippen LogP contribution in [-0.4, -0.2) is 22.4 Å². The Morgan fingerprint density at radius 1 is 1.29 bits per heavy atom. The smallest absolute Gasteiger partial charge is 0.422 e. The standard InChI is InChI=1S/C12H11F3N4O2/c13-12(14,15)7-20-9-2-1-5-18-11(9)21-8-3-4-10(16)19(17)6-8/h1-6,16H,7,17H2. The van der Waals surface area contributed by atoms with Gasteiger partial charge in [0.15, 0.2) is 12.4 Å². The Morgan fingerprint density at radius 2 is 2.05 bits per heavy atom. The normalized spacial score (nSPS) is 11.2. The minimum absolute atomic E-state index is 0.0388. The van der Waals surface area contributed by atoms with Crippen LogP contribution in [0.4, 0.5) is 13.2 Å². The zero-order chi connectivity index (χ0) is 15.5. The molecule has 112 valence electrons. The molecule has 0 aliphatic rings. The molecule has 21 heavy (non-hydrogen) atoms. The molecule has 0 saturated carbocycles. The first-order valence-electron chi connectivity index (χ1n) is 5.70. The summed E-state index contributed by atoms with van der Waals surface area (Å²) in [5.74, 6) is 5.42. The van der Waals surface area contributed by atoms with Gasteiger partial charge in [0.2, 0.25) is 0 Å². The van der Waals surface area contributed by atoms with E-state index in [0.29, 0.717) is 0 Å². The van der Waals surface area contributed by atoms with E-state index in [4.69, 9.17) is 16.0 Å². The van der Waals surface area contributed by atoms with E-state index in [9.17, 15) is 13.2 Å². The maximum atomic E-state index is 12.2. The lowest BCUT2D eigenvalue weighted by Gasteiger charge is -2.12. The number of nitrogens with zero attached hydrogens (tertiary/aromatic N) is 2. The number of ether oxygens (including phenoxy) is 2. The van der Waals surface area contributed by atoms with Crippen molar-refractivity contribution < 1.29 is 22.6 Å². The number of alkyl halides is 3. The second-order valence-corrected chi connectivity index (χ2v) is 3.97. The fourth-order valence-electron chi connectivity index (χ4n) is 1.39. The molecule has 0 radical (unpaired) electrons. The van der Waals surface area contributed by atoms with Crippen LogP contribution >= 0.6 is 0 Å². The molecule has 0 atom stereocenters. The topological polar surface area (TPSA) is 86.2 Å². The van der Waals surface area contributed by atoms with Crippen LogP contribution in [-0.2, 0) is 0 Å². The summed E-state index contributed by atoms with van der Waals surface area (Å²) in [5.41, 5.74) is 0.0388. The Kier molecular flexibility index (Phi) is 4.01. The van der Waals surface area contributed by atoms with Gasteiger partial charge in [-0.15, -0.1) is 0 Å². The van der Waals surface area contributed by atoms with E-state index in [2.05, 4.69) is 9.72 Å². The molecular weight excluding hydrogens is 289 g/mol. The third kappa shape index (κ3) is 4.13. The van der Waals surface area contributed by atoms with Gasteiger partial charge in [-0.2, -0.15) is 13.2 Å². The number of aromatic nitrogens is 2. The van der Waals surface area contributed by atoms with Crippen molar-refractivity contribution in [3.8, 4) is 17.4 Å². The second kappa shape index (κ2) is 5.73. The molecule has 0 bridgehead atoms. The second-order valence-electron chi connectivity index (χ2n) is 3.97. The number of pyridine rings is 2. The molecule has 0 aliphatic carbocycles. The summed E-state index contributed by atoms with van der Waals surface area (Å²) in [6.07, 6.45) is -1.81.